The topological polar surface area (TPSA) is 35.5 Å². The summed E-state index contributed by atoms with van der Waals surface area (Å²) in [5.74, 6) is 1.68. The molecule has 0 aliphatic heterocycles. The number of unbranched alkanes of at least 4 members (excludes halogenated alkanes) is 5. The molecule has 0 N–H and O–H groups in total. The van der Waals surface area contributed by atoms with Crippen molar-refractivity contribution in [3.05, 3.63) is 54.1 Å². The van der Waals surface area contributed by atoms with Crippen molar-refractivity contribution in [3.8, 4) is 11.5 Å². The molecule has 0 fully saturated rings. The minimum Gasteiger partial charge on any atom is -0.494 e. The van der Waals surface area contributed by atoms with Crippen molar-refractivity contribution >= 4 is 16.9 Å². The van der Waals surface area contributed by atoms with Gasteiger partial charge in [-0.1, -0.05) is 46.0 Å². The Morgan fingerprint density at radius 3 is 1.79 bits per heavy atom. The molecule has 0 saturated carbocycles. The Bertz CT molecular complexity index is 680. The molecule has 0 atom stereocenters. The predicted molar refractivity (Wildman–Crippen MR) is 118 cm³/mol. The molecule has 4 heteroatoms. The SMILES string of the molecule is CCCCCCOc1ccc(C(=O)Sc2ccc(OCCCCC)cc2)cc1. The van der Waals surface area contributed by atoms with E-state index in [1.807, 2.05) is 48.5 Å². The van der Waals surface area contributed by atoms with Crippen LogP contribution >= 0.6 is 11.8 Å². The second kappa shape index (κ2) is 13.3. The highest BCUT2D eigenvalue weighted by atomic mass is 32.2. The minimum atomic E-state index is 0.0334. The van der Waals surface area contributed by atoms with Gasteiger partial charge in [-0.2, -0.15) is 0 Å². The molecule has 0 amide bonds. The molecule has 0 unspecified atom stereocenters. The molecule has 2 aromatic carbocycles. The first kappa shape index (κ1) is 22.4. The lowest BCUT2D eigenvalue weighted by molar-refractivity contribution is 0.108. The standard InChI is InChI=1S/C24H32O3S/c1-3-5-7-9-19-27-21-12-10-20(11-13-21)24(25)28-23-16-14-22(15-17-23)26-18-8-6-4-2/h10-17H,3-9,18-19H2,1-2H3. The van der Waals surface area contributed by atoms with Crippen LogP contribution in [0.3, 0.4) is 0 Å². The van der Waals surface area contributed by atoms with E-state index in [4.69, 9.17) is 9.47 Å². The van der Waals surface area contributed by atoms with Gasteiger partial charge in [0.25, 0.3) is 0 Å². The predicted octanol–water partition coefficient (Wildman–Crippen LogP) is 7.15. The Labute approximate surface area is 173 Å². The van der Waals surface area contributed by atoms with Gasteiger partial charge in [0.15, 0.2) is 0 Å². The van der Waals surface area contributed by atoms with Crippen LogP contribution in [0.25, 0.3) is 0 Å². The Balaban J connectivity index is 1.77. The van der Waals surface area contributed by atoms with E-state index in [-0.39, 0.29) is 5.12 Å². The van der Waals surface area contributed by atoms with Crippen molar-refractivity contribution in [1.29, 1.82) is 0 Å². The zero-order valence-corrected chi connectivity index (χ0v) is 17.9. The summed E-state index contributed by atoms with van der Waals surface area (Å²) in [6, 6.07) is 15.1. The molecular weight excluding hydrogens is 368 g/mol. The number of carbonyl (C=O) groups is 1. The second-order valence-corrected chi connectivity index (χ2v) is 7.90. The quantitative estimate of drug-likeness (QED) is 0.264. The molecule has 2 aromatic rings. The van der Waals surface area contributed by atoms with Gasteiger partial charge in [0.05, 0.1) is 13.2 Å². The summed E-state index contributed by atoms with van der Waals surface area (Å²) in [5, 5.41) is 0.0334. The molecule has 0 heterocycles. The highest BCUT2D eigenvalue weighted by Gasteiger charge is 2.09. The Kier molecular flexibility index (Phi) is 10.6. The van der Waals surface area contributed by atoms with Crippen LogP contribution in [0.1, 0.15) is 69.2 Å². The molecule has 28 heavy (non-hydrogen) atoms. The van der Waals surface area contributed by atoms with Crippen molar-refractivity contribution in [3.63, 3.8) is 0 Å². The molecule has 0 saturated heterocycles. The van der Waals surface area contributed by atoms with Crippen LogP contribution in [-0.2, 0) is 0 Å². The van der Waals surface area contributed by atoms with Gasteiger partial charge in [0, 0.05) is 10.5 Å². The number of rotatable bonds is 13. The average Bonchev–Trinajstić information content (AvgIpc) is 2.72. The van der Waals surface area contributed by atoms with Crippen LogP contribution in [0.15, 0.2) is 53.4 Å². The van der Waals surface area contributed by atoms with Crippen molar-refractivity contribution in [2.24, 2.45) is 0 Å². The monoisotopic (exact) mass is 400 g/mol. The first-order chi connectivity index (χ1) is 13.7. The summed E-state index contributed by atoms with van der Waals surface area (Å²) in [6.45, 7) is 5.85. The lowest BCUT2D eigenvalue weighted by atomic mass is 10.2. The third-order valence-electron chi connectivity index (χ3n) is 4.41. The van der Waals surface area contributed by atoms with Crippen LogP contribution < -0.4 is 9.47 Å². The fourth-order valence-corrected chi connectivity index (χ4v) is 3.46. The third kappa shape index (κ3) is 8.39. The van der Waals surface area contributed by atoms with E-state index in [0.717, 1.165) is 42.4 Å². The van der Waals surface area contributed by atoms with Crippen molar-refractivity contribution in [2.75, 3.05) is 13.2 Å². The maximum atomic E-state index is 12.5. The van der Waals surface area contributed by atoms with Crippen LogP contribution in [0.4, 0.5) is 0 Å². The van der Waals surface area contributed by atoms with Gasteiger partial charge >= 0.3 is 0 Å². The van der Waals surface area contributed by atoms with Crippen molar-refractivity contribution in [1.82, 2.24) is 0 Å². The highest BCUT2D eigenvalue weighted by Crippen LogP contribution is 2.26. The zero-order chi connectivity index (χ0) is 20.0. The summed E-state index contributed by atoms with van der Waals surface area (Å²) in [7, 11) is 0. The first-order valence-electron chi connectivity index (χ1n) is 10.4. The van der Waals surface area contributed by atoms with E-state index >= 15 is 0 Å². The number of carbonyl (C=O) groups excluding carboxylic acids is 1. The maximum Gasteiger partial charge on any atom is 0.224 e. The second-order valence-electron chi connectivity index (χ2n) is 6.85. The number of hydrogen-bond acceptors (Lipinski definition) is 4. The lowest BCUT2D eigenvalue weighted by Crippen LogP contribution is -1.98. The van der Waals surface area contributed by atoms with Gasteiger partial charge in [-0.25, -0.2) is 0 Å². The fraction of sp³-hybridized carbons (Fsp3) is 0.458. The van der Waals surface area contributed by atoms with E-state index in [0.29, 0.717) is 5.56 Å². The van der Waals surface area contributed by atoms with Gasteiger partial charge < -0.3 is 9.47 Å². The maximum absolute atomic E-state index is 12.5. The van der Waals surface area contributed by atoms with Crippen LogP contribution in [0.5, 0.6) is 11.5 Å². The van der Waals surface area contributed by atoms with Gasteiger partial charge in [-0.15, -0.1) is 0 Å². The molecule has 0 aromatic heterocycles. The largest absolute Gasteiger partial charge is 0.494 e. The van der Waals surface area contributed by atoms with E-state index < -0.39 is 0 Å². The van der Waals surface area contributed by atoms with Crippen molar-refractivity contribution < 1.29 is 14.3 Å². The molecule has 0 spiro atoms. The molecule has 3 nitrogen and oxygen atoms in total. The van der Waals surface area contributed by atoms with E-state index in [1.165, 1.54) is 43.9 Å². The summed E-state index contributed by atoms with van der Waals surface area (Å²) in [5.41, 5.74) is 0.684. The Morgan fingerprint density at radius 1 is 0.714 bits per heavy atom. The van der Waals surface area contributed by atoms with E-state index in [1.54, 1.807) is 0 Å². The van der Waals surface area contributed by atoms with Crippen LogP contribution in [0.2, 0.25) is 0 Å². The normalized spacial score (nSPS) is 10.6. The zero-order valence-electron chi connectivity index (χ0n) is 17.1. The Hall–Kier alpha value is -1.94. The van der Waals surface area contributed by atoms with Gasteiger partial charge in [0.2, 0.25) is 5.12 Å². The first-order valence-corrected chi connectivity index (χ1v) is 11.2. The molecule has 152 valence electrons. The van der Waals surface area contributed by atoms with Crippen LogP contribution in [0, 0.1) is 0 Å². The number of thioether (sulfide) groups is 1. The Morgan fingerprint density at radius 2 is 1.21 bits per heavy atom. The van der Waals surface area contributed by atoms with Gasteiger partial charge in [0.1, 0.15) is 11.5 Å². The van der Waals surface area contributed by atoms with E-state index in [2.05, 4.69) is 13.8 Å². The fourth-order valence-electron chi connectivity index (χ4n) is 2.72. The van der Waals surface area contributed by atoms with Crippen LogP contribution in [-0.4, -0.2) is 18.3 Å². The summed E-state index contributed by atoms with van der Waals surface area (Å²) in [4.78, 5) is 13.4. The van der Waals surface area contributed by atoms with Gasteiger partial charge in [-0.3, -0.25) is 4.79 Å². The lowest BCUT2D eigenvalue weighted by Gasteiger charge is -2.08. The van der Waals surface area contributed by atoms with Gasteiger partial charge in [-0.05, 0) is 73.1 Å². The smallest absolute Gasteiger partial charge is 0.224 e. The highest BCUT2D eigenvalue weighted by molar-refractivity contribution is 8.14. The molecule has 0 bridgehead atoms. The number of hydrogen-bond donors (Lipinski definition) is 0. The summed E-state index contributed by atoms with van der Waals surface area (Å²) < 4.78 is 11.4. The molecule has 0 aliphatic carbocycles. The molecule has 0 aliphatic rings. The summed E-state index contributed by atoms with van der Waals surface area (Å²) >= 11 is 1.23. The molecular formula is C24H32O3S. The molecule has 2 rings (SSSR count). The minimum absolute atomic E-state index is 0.0334. The average molecular weight is 401 g/mol. The summed E-state index contributed by atoms with van der Waals surface area (Å²) in [6.07, 6.45) is 8.19. The third-order valence-corrected chi connectivity index (χ3v) is 5.34. The number of benzene rings is 2. The van der Waals surface area contributed by atoms with E-state index in [9.17, 15) is 4.79 Å². The number of ether oxygens (including phenoxy) is 2. The van der Waals surface area contributed by atoms with Crippen molar-refractivity contribution in [2.45, 2.75) is 63.7 Å². The molecule has 0 radical (unpaired) electrons.